The second-order valence-electron chi connectivity index (χ2n) is 14.3. The average Bonchev–Trinajstić information content (AvgIpc) is 3.79. The number of aromatic nitrogens is 2. The molecule has 280 valence electrons. The van der Waals surface area contributed by atoms with Gasteiger partial charge in [-0.15, -0.1) is 0 Å². The van der Waals surface area contributed by atoms with Crippen LogP contribution >= 0.6 is 0 Å². The van der Waals surface area contributed by atoms with Gasteiger partial charge in [-0.3, -0.25) is 14.4 Å². The number of ether oxygens (including phenoxy) is 1. The van der Waals surface area contributed by atoms with Crippen LogP contribution in [-0.4, -0.2) is 114 Å². The summed E-state index contributed by atoms with van der Waals surface area (Å²) < 4.78 is 60.5. The molecule has 4 heterocycles. The number of nitrogens with zero attached hydrogens (tertiary/aromatic N) is 5. The highest BCUT2D eigenvalue weighted by Crippen LogP contribution is 2.32. The van der Waals surface area contributed by atoms with E-state index in [4.69, 9.17) is 0 Å². The fourth-order valence-corrected chi connectivity index (χ4v) is 7.82. The Morgan fingerprint density at radius 1 is 1.02 bits per heavy atom. The molecular weight excluding hydrogens is 682 g/mol. The normalized spacial score (nSPS) is 22.2. The van der Waals surface area contributed by atoms with Gasteiger partial charge in [-0.2, -0.15) is 13.2 Å². The van der Waals surface area contributed by atoms with Crippen LogP contribution in [0, 0.1) is 23.5 Å². The smallest absolute Gasteiger partial charge is 0.387 e. The number of halogens is 4. The number of carbonyl (C=O) groups is 3. The van der Waals surface area contributed by atoms with E-state index in [1.807, 2.05) is 11.8 Å². The molecule has 0 saturated carbocycles. The molecule has 1 unspecified atom stereocenters. The van der Waals surface area contributed by atoms with E-state index in [0.29, 0.717) is 49.8 Å². The molecule has 3 aliphatic rings. The zero-order valence-corrected chi connectivity index (χ0v) is 29.8. The number of likely N-dealkylation sites (tertiary alicyclic amines) is 1. The van der Waals surface area contributed by atoms with E-state index in [1.165, 1.54) is 30.8 Å². The molecule has 1 atom stereocenters. The Bertz CT molecular complexity index is 1800. The average molecular weight is 729 g/mol. The zero-order chi connectivity index (χ0) is 37.2. The summed E-state index contributed by atoms with van der Waals surface area (Å²) in [5.74, 6) is -3.89. The van der Waals surface area contributed by atoms with E-state index in [0.717, 1.165) is 61.2 Å². The van der Waals surface area contributed by atoms with Crippen molar-refractivity contribution >= 4 is 23.4 Å². The minimum Gasteiger partial charge on any atom is -0.432 e. The van der Waals surface area contributed by atoms with Gasteiger partial charge >= 0.3 is 6.61 Å². The van der Waals surface area contributed by atoms with Crippen molar-refractivity contribution in [2.24, 2.45) is 18.9 Å². The van der Waals surface area contributed by atoms with Gasteiger partial charge in [0.25, 0.3) is 11.8 Å². The quantitative estimate of drug-likeness (QED) is 0.235. The maximum Gasteiger partial charge on any atom is 0.387 e. The molecule has 0 aliphatic carbocycles. The largest absolute Gasteiger partial charge is 0.432 e. The Morgan fingerprint density at radius 3 is 2.38 bits per heavy atom. The third-order valence-corrected chi connectivity index (χ3v) is 10.8. The minimum absolute atomic E-state index is 0.0350. The van der Waals surface area contributed by atoms with Crippen molar-refractivity contribution in [1.29, 1.82) is 0 Å². The summed E-state index contributed by atoms with van der Waals surface area (Å²) in [6.45, 7) is 5.83. The molecule has 3 saturated heterocycles. The highest BCUT2D eigenvalue weighted by atomic mass is 19.3. The first kappa shape index (κ1) is 37.3. The zero-order valence-electron chi connectivity index (χ0n) is 29.8. The van der Waals surface area contributed by atoms with Crippen molar-refractivity contribution in [2.45, 2.75) is 39.2 Å². The van der Waals surface area contributed by atoms with E-state index in [9.17, 15) is 31.9 Å². The number of piperazine rings is 1. The number of rotatable bonds is 10. The van der Waals surface area contributed by atoms with Crippen molar-refractivity contribution in [2.75, 3.05) is 71.3 Å². The number of hydrogen-bond acceptors (Lipinski definition) is 6. The molecule has 3 amide bonds. The maximum absolute atomic E-state index is 14.8. The van der Waals surface area contributed by atoms with Gasteiger partial charge in [0.05, 0.1) is 38.6 Å². The monoisotopic (exact) mass is 728 g/mol. The van der Waals surface area contributed by atoms with Crippen LogP contribution in [-0.2, 0) is 18.3 Å². The summed E-state index contributed by atoms with van der Waals surface area (Å²) in [6.07, 6.45) is 4.71. The first-order valence-corrected chi connectivity index (χ1v) is 17.9. The van der Waals surface area contributed by atoms with Crippen molar-refractivity contribution in [3.63, 3.8) is 0 Å². The molecule has 0 spiro atoms. The van der Waals surface area contributed by atoms with E-state index in [2.05, 4.69) is 27.4 Å². The molecule has 2 aromatic carbocycles. The molecule has 1 aromatic heterocycles. The Balaban J connectivity index is 1.04. The van der Waals surface area contributed by atoms with Crippen molar-refractivity contribution in [3.05, 3.63) is 65.1 Å². The molecule has 52 heavy (non-hydrogen) atoms. The van der Waals surface area contributed by atoms with Gasteiger partial charge in [-0.05, 0) is 55.3 Å². The fraction of sp³-hybridized carbons (Fsp3) is 0.514. The molecule has 11 nitrogen and oxygen atoms in total. The van der Waals surface area contributed by atoms with Crippen LogP contribution in [0.15, 0.2) is 36.5 Å². The number of anilines is 1. The summed E-state index contributed by atoms with van der Waals surface area (Å²) >= 11 is 0. The number of amides is 3. The summed E-state index contributed by atoms with van der Waals surface area (Å²) in [5.41, 5.74) is 1.39. The number of quaternary nitrogens is 1. The molecule has 0 bridgehead atoms. The lowest BCUT2D eigenvalue weighted by Crippen LogP contribution is -2.56. The summed E-state index contributed by atoms with van der Waals surface area (Å²) in [5, 5.41) is 6.20. The Morgan fingerprint density at radius 2 is 1.73 bits per heavy atom. The van der Waals surface area contributed by atoms with Crippen LogP contribution in [0.1, 0.15) is 52.7 Å². The molecule has 6 rings (SSSR count). The van der Waals surface area contributed by atoms with Crippen molar-refractivity contribution in [3.8, 4) is 17.0 Å². The minimum atomic E-state index is -3.33. The summed E-state index contributed by atoms with van der Waals surface area (Å²) in [4.78, 5) is 48.1. The fourth-order valence-electron chi connectivity index (χ4n) is 7.82. The van der Waals surface area contributed by atoms with Crippen LogP contribution in [0.25, 0.3) is 11.3 Å². The second kappa shape index (κ2) is 15.6. The van der Waals surface area contributed by atoms with Crippen LogP contribution < -0.4 is 15.4 Å². The number of piperidine rings is 1. The van der Waals surface area contributed by atoms with Crippen molar-refractivity contribution in [1.82, 2.24) is 24.7 Å². The number of hydrogen-bond donors (Lipinski definition) is 2. The van der Waals surface area contributed by atoms with Crippen molar-refractivity contribution < 1.29 is 41.2 Å². The second-order valence-corrected chi connectivity index (χ2v) is 14.3. The number of alkyl halides is 2. The first-order chi connectivity index (χ1) is 24.9. The number of imidazole rings is 1. The summed E-state index contributed by atoms with van der Waals surface area (Å²) in [7, 11) is 3.76. The Hall–Kier alpha value is -4.50. The van der Waals surface area contributed by atoms with Gasteiger partial charge in [-0.25, -0.2) is 9.37 Å². The third kappa shape index (κ3) is 7.94. The molecule has 3 aromatic rings. The number of carbonyl (C=O) groups excluding carboxylic acids is 3. The number of aryl methyl sites for hydroxylation is 1. The standard InChI is InChI=1S/C37H45F4N7O4/c1-4-24-19-26(44-34(49)33-43-21-29(45(33)2)28-7-8-30(52-37(40)41)32(39)31(28)38)5-6-27(24)36(51)47-15-13-46(14-16-47)35(50)25-10-17-48(3,18-11-25)22-23-9-12-42-20-23/h5-8,19,21,23,25,37,42H,4,9-18,20,22H2,1-3H3/p+1. The van der Waals surface area contributed by atoms with E-state index >= 15 is 0 Å². The van der Waals surface area contributed by atoms with E-state index in [-0.39, 0.29) is 34.8 Å². The molecule has 2 N–H and O–H groups in total. The Labute approximate surface area is 300 Å². The summed E-state index contributed by atoms with van der Waals surface area (Å²) in [6, 6.07) is 6.94. The molecule has 3 aliphatic heterocycles. The van der Waals surface area contributed by atoms with Gasteiger partial charge in [0.1, 0.15) is 0 Å². The maximum atomic E-state index is 14.8. The molecule has 0 radical (unpaired) electrons. The van der Waals surface area contributed by atoms with Gasteiger partial charge in [0, 0.05) is 81.3 Å². The highest BCUT2D eigenvalue weighted by molar-refractivity contribution is 6.03. The van der Waals surface area contributed by atoms with Crippen LogP contribution in [0.4, 0.5) is 23.2 Å². The first-order valence-electron chi connectivity index (χ1n) is 17.9. The SMILES string of the molecule is CCc1cc(NC(=O)c2ncc(-c3ccc(OC(F)F)c(F)c3F)n2C)ccc1C(=O)N1CCN(C(=O)C2CC[N+](C)(CC3CCNC3)CC2)CC1. The van der Waals surface area contributed by atoms with Gasteiger partial charge in [0.15, 0.2) is 17.4 Å². The predicted octanol–water partition coefficient (Wildman–Crippen LogP) is 4.53. The molecule has 15 heteroatoms. The lowest BCUT2D eigenvalue weighted by atomic mass is 9.92. The molecule has 3 fully saturated rings. The molecular formula is C37H46F4N7O4+. The lowest BCUT2D eigenvalue weighted by Gasteiger charge is -2.43. The van der Waals surface area contributed by atoms with Crippen LogP contribution in [0.2, 0.25) is 0 Å². The predicted molar refractivity (Wildman–Crippen MR) is 186 cm³/mol. The van der Waals surface area contributed by atoms with Gasteiger partial charge < -0.3 is 34.2 Å². The lowest BCUT2D eigenvalue weighted by molar-refractivity contribution is -0.917. The van der Waals surface area contributed by atoms with E-state index in [1.54, 1.807) is 23.1 Å². The van der Waals surface area contributed by atoms with Gasteiger partial charge in [-0.1, -0.05) is 6.92 Å². The van der Waals surface area contributed by atoms with Gasteiger partial charge in [0.2, 0.25) is 11.7 Å². The highest BCUT2D eigenvalue weighted by Gasteiger charge is 2.38. The van der Waals surface area contributed by atoms with Crippen LogP contribution in [0.3, 0.4) is 0 Å². The van der Waals surface area contributed by atoms with Crippen LogP contribution in [0.5, 0.6) is 5.75 Å². The number of nitrogens with one attached hydrogen (secondary N) is 2. The number of benzene rings is 2. The third-order valence-electron chi connectivity index (χ3n) is 10.8. The topological polar surface area (TPSA) is 109 Å². The van der Waals surface area contributed by atoms with E-state index < -0.39 is 29.9 Å². The Kier molecular flexibility index (Phi) is 11.2.